The molecule has 1 aromatic heterocycles. The lowest BCUT2D eigenvalue weighted by molar-refractivity contribution is 0.0795. The Morgan fingerprint density at radius 1 is 1.03 bits per heavy atom. The molecule has 0 aliphatic rings. The molecular weight excluding hydrogens is 480 g/mol. The quantitative estimate of drug-likeness (QED) is 0.247. The first kappa shape index (κ1) is 24.8. The van der Waals surface area contributed by atoms with E-state index in [0.717, 1.165) is 29.8 Å². The summed E-state index contributed by atoms with van der Waals surface area (Å²) in [5, 5.41) is 10.3. The topological polar surface area (TPSA) is 60.2 Å². The van der Waals surface area contributed by atoms with Crippen LogP contribution >= 0.6 is 23.4 Å². The largest absolute Gasteiger partial charge is 0.495 e. The van der Waals surface area contributed by atoms with Gasteiger partial charge in [-0.15, -0.1) is 10.2 Å². The predicted octanol–water partition coefficient (Wildman–Crippen LogP) is 6.37. The Kier molecular flexibility index (Phi) is 8.10. The smallest absolute Gasteiger partial charge is 0.253 e. The van der Waals surface area contributed by atoms with Crippen molar-refractivity contribution in [1.29, 1.82) is 0 Å². The molecular formula is C27H27ClN4O2S. The predicted molar refractivity (Wildman–Crippen MR) is 142 cm³/mol. The SMILES string of the molecule is CCCN(C)C(=O)c1ccc(CSc2nnc(-c3ccccc3Cl)n2-c2ccccc2OC)cc1. The Labute approximate surface area is 214 Å². The highest BCUT2D eigenvalue weighted by atomic mass is 35.5. The fourth-order valence-corrected chi connectivity index (χ4v) is 4.88. The zero-order valence-electron chi connectivity index (χ0n) is 19.9. The van der Waals surface area contributed by atoms with Gasteiger partial charge in [0.2, 0.25) is 0 Å². The molecule has 1 amide bonds. The van der Waals surface area contributed by atoms with Gasteiger partial charge in [0.15, 0.2) is 11.0 Å². The van der Waals surface area contributed by atoms with Gasteiger partial charge in [-0.1, -0.05) is 66.7 Å². The summed E-state index contributed by atoms with van der Waals surface area (Å²) in [6.45, 7) is 2.80. The Bertz CT molecular complexity index is 1310. The van der Waals surface area contributed by atoms with E-state index in [0.29, 0.717) is 33.1 Å². The molecule has 0 atom stereocenters. The molecule has 6 nitrogen and oxygen atoms in total. The first-order valence-electron chi connectivity index (χ1n) is 11.3. The molecule has 0 radical (unpaired) electrons. The molecule has 0 bridgehead atoms. The van der Waals surface area contributed by atoms with Crippen molar-refractivity contribution in [3.63, 3.8) is 0 Å². The number of benzene rings is 3. The normalized spacial score (nSPS) is 10.9. The number of aromatic nitrogens is 3. The molecule has 0 aliphatic heterocycles. The maximum Gasteiger partial charge on any atom is 0.253 e. The van der Waals surface area contributed by atoms with Gasteiger partial charge in [0.1, 0.15) is 5.75 Å². The van der Waals surface area contributed by atoms with Crippen molar-refractivity contribution in [2.75, 3.05) is 20.7 Å². The average molecular weight is 507 g/mol. The van der Waals surface area contributed by atoms with Crippen LogP contribution < -0.4 is 4.74 Å². The van der Waals surface area contributed by atoms with Crippen LogP contribution in [-0.4, -0.2) is 46.3 Å². The minimum atomic E-state index is 0.0337. The highest BCUT2D eigenvalue weighted by Gasteiger charge is 2.20. The van der Waals surface area contributed by atoms with Crippen LogP contribution in [-0.2, 0) is 5.75 Å². The van der Waals surface area contributed by atoms with E-state index in [1.54, 1.807) is 23.8 Å². The third kappa shape index (κ3) is 5.52. The Hall–Kier alpha value is -3.29. The summed E-state index contributed by atoms with van der Waals surface area (Å²) in [6.07, 6.45) is 0.931. The minimum Gasteiger partial charge on any atom is -0.495 e. The van der Waals surface area contributed by atoms with Crippen molar-refractivity contribution >= 4 is 29.3 Å². The van der Waals surface area contributed by atoms with Crippen LogP contribution in [0.5, 0.6) is 5.75 Å². The van der Waals surface area contributed by atoms with Crippen molar-refractivity contribution in [3.8, 4) is 22.8 Å². The maximum atomic E-state index is 12.5. The van der Waals surface area contributed by atoms with E-state index in [1.807, 2.05) is 84.4 Å². The molecule has 3 aromatic carbocycles. The molecule has 4 rings (SSSR count). The molecule has 0 N–H and O–H groups in total. The number of ether oxygens (including phenoxy) is 1. The highest BCUT2D eigenvalue weighted by Crippen LogP contribution is 2.35. The lowest BCUT2D eigenvalue weighted by atomic mass is 10.1. The van der Waals surface area contributed by atoms with Crippen molar-refractivity contribution in [3.05, 3.63) is 88.9 Å². The van der Waals surface area contributed by atoms with Gasteiger partial charge in [-0.2, -0.15) is 0 Å². The fourth-order valence-electron chi connectivity index (χ4n) is 3.76. The Morgan fingerprint density at radius 3 is 2.46 bits per heavy atom. The molecule has 0 aliphatic carbocycles. The van der Waals surface area contributed by atoms with Gasteiger partial charge in [-0.05, 0) is 48.4 Å². The van der Waals surface area contributed by atoms with Crippen molar-refractivity contribution in [1.82, 2.24) is 19.7 Å². The third-order valence-corrected chi connectivity index (χ3v) is 6.88. The number of amides is 1. The molecule has 0 saturated heterocycles. The van der Waals surface area contributed by atoms with Crippen LogP contribution in [0.2, 0.25) is 5.02 Å². The van der Waals surface area contributed by atoms with Gasteiger partial charge < -0.3 is 9.64 Å². The van der Waals surface area contributed by atoms with Gasteiger partial charge >= 0.3 is 0 Å². The van der Waals surface area contributed by atoms with E-state index in [1.165, 1.54) is 0 Å². The Morgan fingerprint density at radius 2 is 1.74 bits per heavy atom. The van der Waals surface area contributed by atoms with Gasteiger partial charge in [-0.3, -0.25) is 9.36 Å². The molecule has 4 aromatic rings. The van der Waals surface area contributed by atoms with Crippen LogP contribution in [0, 0.1) is 0 Å². The summed E-state index contributed by atoms with van der Waals surface area (Å²) in [5.74, 6) is 2.05. The number of carbonyl (C=O) groups is 1. The number of hydrogen-bond acceptors (Lipinski definition) is 5. The molecule has 0 unspecified atom stereocenters. The Balaban J connectivity index is 1.63. The van der Waals surface area contributed by atoms with Gasteiger partial charge in [0.25, 0.3) is 5.91 Å². The number of nitrogens with zero attached hydrogens (tertiary/aromatic N) is 4. The molecule has 1 heterocycles. The summed E-state index contributed by atoms with van der Waals surface area (Å²) >= 11 is 8.07. The third-order valence-electron chi connectivity index (χ3n) is 5.55. The molecule has 8 heteroatoms. The van der Waals surface area contributed by atoms with E-state index in [4.69, 9.17) is 16.3 Å². The monoisotopic (exact) mass is 506 g/mol. The van der Waals surface area contributed by atoms with Crippen molar-refractivity contribution < 1.29 is 9.53 Å². The summed E-state index contributed by atoms with van der Waals surface area (Å²) in [7, 11) is 3.48. The summed E-state index contributed by atoms with van der Waals surface area (Å²) < 4.78 is 7.60. The van der Waals surface area contributed by atoms with Crippen LogP contribution in [0.1, 0.15) is 29.3 Å². The van der Waals surface area contributed by atoms with Crippen LogP contribution in [0.4, 0.5) is 0 Å². The average Bonchev–Trinajstić information content (AvgIpc) is 3.31. The van der Waals surface area contributed by atoms with E-state index in [-0.39, 0.29) is 5.91 Å². The highest BCUT2D eigenvalue weighted by molar-refractivity contribution is 7.98. The van der Waals surface area contributed by atoms with E-state index in [2.05, 4.69) is 17.1 Å². The number of thioether (sulfide) groups is 1. The number of hydrogen-bond donors (Lipinski definition) is 0. The summed E-state index contributed by atoms with van der Waals surface area (Å²) in [5.41, 5.74) is 3.39. The molecule has 35 heavy (non-hydrogen) atoms. The lowest BCUT2D eigenvalue weighted by Crippen LogP contribution is -2.27. The molecule has 0 saturated carbocycles. The van der Waals surface area contributed by atoms with E-state index >= 15 is 0 Å². The first-order valence-corrected chi connectivity index (χ1v) is 12.7. The lowest BCUT2D eigenvalue weighted by Gasteiger charge is -2.16. The number of methoxy groups -OCH3 is 1. The van der Waals surface area contributed by atoms with E-state index < -0.39 is 0 Å². The van der Waals surface area contributed by atoms with Crippen LogP contribution in [0.25, 0.3) is 17.1 Å². The van der Waals surface area contributed by atoms with Gasteiger partial charge in [-0.25, -0.2) is 0 Å². The van der Waals surface area contributed by atoms with Crippen LogP contribution in [0.15, 0.2) is 78.0 Å². The van der Waals surface area contributed by atoms with E-state index in [9.17, 15) is 4.79 Å². The van der Waals surface area contributed by atoms with Crippen LogP contribution in [0.3, 0.4) is 0 Å². The van der Waals surface area contributed by atoms with Gasteiger partial charge in [0.05, 0.1) is 17.8 Å². The number of halogens is 1. The van der Waals surface area contributed by atoms with Crippen molar-refractivity contribution in [2.45, 2.75) is 24.3 Å². The second-order valence-electron chi connectivity index (χ2n) is 8.01. The zero-order chi connectivity index (χ0) is 24.8. The standard InChI is InChI=1S/C27H27ClN4O2S/c1-4-17-31(2)26(33)20-15-13-19(14-16-20)18-35-27-30-29-25(21-9-5-6-10-22(21)28)32(27)23-11-7-8-12-24(23)34-3/h5-16H,4,17-18H2,1-3H3. The number of para-hydroxylation sites is 2. The van der Waals surface area contributed by atoms with Gasteiger partial charge in [0, 0.05) is 30.5 Å². The summed E-state index contributed by atoms with van der Waals surface area (Å²) in [4.78, 5) is 14.3. The molecule has 0 spiro atoms. The molecule has 180 valence electrons. The summed E-state index contributed by atoms with van der Waals surface area (Å²) in [6, 6.07) is 23.1. The number of carbonyl (C=O) groups excluding carboxylic acids is 1. The number of rotatable bonds is 9. The minimum absolute atomic E-state index is 0.0337. The first-order chi connectivity index (χ1) is 17.0. The molecule has 0 fully saturated rings. The fraction of sp³-hybridized carbons (Fsp3) is 0.222. The maximum absolute atomic E-state index is 12.5. The van der Waals surface area contributed by atoms with Crippen molar-refractivity contribution in [2.24, 2.45) is 0 Å². The second kappa shape index (κ2) is 11.4. The second-order valence-corrected chi connectivity index (χ2v) is 9.36. The zero-order valence-corrected chi connectivity index (χ0v) is 21.5.